The van der Waals surface area contributed by atoms with E-state index in [-0.39, 0.29) is 10.9 Å². The molecule has 0 saturated carbocycles. The van der Waals surface area contributed by atoms with Crippen molar-refractivity contribution in [3.05, 3.63) is 48.5 Å². The van der Waals surface area contributed by atoms with Crippen LogP contribution < -0.4 is 13.9 Å². The highest BCUT2D eigenvalue weighted by atomic mass is 28.4. The molecule has 7 heteroatoms. The predicted molar refractivity (Wildman–Crippen MR) is 117 cm³/mol. The number of carbonyl (C=O) groups is 1. The van der Waals surface area contributed by atoms with Crippen LogP contribution in [0.4, 0.5) is 0 Å². The van der Waals surface area contributed by atoms with Crippen LogP contribution in [-0.2, 0) is 0 Å². The van der Waals surface area contributed by atoms with Crippen LogP contribution in [0.3, 0.4) is 0 Å². The van der Waals surface area contributed by atoms with Crippen molar-refractivity contribution in [2.45, 2.75) is 38.9 Å². The molecule has 0 amide bonds. The highest BCUT2D eigenvalue weighted by molar-refractivity contribution is 6.74. The van der Waals surface area contributed by atoms with Gasteiger partial charge in [0.1, 0.15) is 23.6 Å². The molecule has 0 spiro atoms. The fourth-order valence-electron chi connectivity index (χ4n) is 2.90. The summed E-state index contributed by atoms with van der Waals surface area (Å²) in [5.74, 6) is 1.78. The predicted octanol–water partition coefficient (Wildman–Crippen LogP) is 5.13. The Morgan fingerprint density at radius 1 is 1.03 bits per heavy atom. The molecular weight excluding hydrogens is 384 g/mol. The number of methoxy groups -OCH3 is 2. The molecule has 0 aliphatic carbocycles. The van der Waals surface area contributed by atoms with Crippen LogP contribution in [0.5, 0.6) is 17.2 Å². The summed E-state index contributed by atoms with van der Waals surface area (Å²) in [5, 5.41) is 1.57. The third kappa shape index (κ3) is 3.87. The molecule has 0 radical (unpaired) electrons. The monoisotopic (exact) mass is 412 g/mol. The van der Waals surface area contributed by atoms with Gasteiger partial charge in [-0.05, 0) is 42.4 Å². The molecule has 0 unspecified atom stereocenters. The van der Waals surface area contributed by atoms with Crippen molar-refractivity contribution >= 4 is 25.0 Å². The highest BCUT2D eigenvalue weighted by Crippen LogP contribution is 2.44. The summed E-state index contributed by atoms with van der Waals surface area (Å²) in [6, 6.07) is 7.31. The van der Waals surface area contributed by atoms with E-state index in [0.717, 1.165) is 10.8 Å². The number of carbonyl (C=O) groups excluding carboxylic acids is 1. The lowest BCUT2D eigenvalue weighted by Gasteiger charge is -2.37. The SMILES string of the molecule is COc1ccc(OC)c2c(O[Si](C)(C)C(C)(C)C)cc(C(=O)n3ccnc3)cc12. The molecular formula is C22H28N2O4Si. The summed E-state index contributed by atoms with van der Waals surface area (Å²) in [4.78, 5) is 17.0. The van der Waals surface area contributed by atoms with E-state index in [1.165, 1.54) is 10.9 Å². The molecule has 0 N–H and O–H groups in total. The number of hydrogen-bond acceptors (Lipinski definition) is 5. The summed E-state index contributed by atoms with van der Waals surface area (Å²) in [5.41, 5.74) is 0.496. The Balaban J connectivity index is 2.29. The van der Waals surface area contributed by atoms with Crippen LogP contribution in [0.15, 0.2) is 43.0 Å². The Hall–Kier alpha value is -2.80. The van der Waals surface area contributed by atoms with Crippen LogP contribution in [0.25, 0.3) is 10.8 Å². The largest absolute Gasteiger partial charge is 0.543 e. The molecule has 3 aromatic rings. The van der Waals surface area contributed by atoms with Crippen LogP contribution in [0.2, 0.25) is 18.1 Å². The second-order valence-corrected chi connectivity index (χ2v) is 13.2. The van der Waals surface area contributed by atoms with Gasteiger partial charge in [-0.1, -0.05) is 20.8 Å². The van der Waals surface area contributed by atoms with Gasteiger partial charge in [-0.15, -0.1) is 0 Å². The molecule has 6 nitrogen and oxygen atoms in total. The number of rotatable bonds is 5. The van der Waals surface area contributed by atoms with Crippen molar-refractivity contribution in [3.8, 4) is 17.2 Å². The Kier molecular flexibility index (Phi) is 5.45. The van der Waals surface area contributed by atoms with E-state index in [9.17, 15) is 4.79 Å². The maximum Gasteiger partial charge on any atom is 0.263 e. The maximum atomic E-state index is 13.0. The Morgan fingerprint density at radius 3 is 2.24 bits per heavy atom. The zero-order chi connectivity index (χ0) is 21.4. The smallest absolute Gasteiger partial charge is 0.263 e. The average Bonchev–Trinajstić information content (AvgIpc) is 3.19. The van der Waals surface area contributed by atoms with Gasteiger partial charge in [-0.3, -0.25) is 9.36 Å². The minimum absolute atomic E-state index is 0.00418. The number of benzene rings is 2. The molecule has 1 heterocycles. The van der Waals surface area contributed by atoms with Gasteiger partial charge in [0, 0.05) is 23.3 Å². The Labute approximate surface area is 172 Å². The standard InChI is InChI=1S/C22H28N2O4Si/c1-22(2,3)29(6,7)28-19-13-15(21(25)24-11-10-23-14-24)12-16-17(26-4)8-9-18(27-5)20(16)19/h8-14H,1-7H3. The molecule has 0 fully saturated rings. The minimum atomic E-state index is -2.18. The van der Waals surface area contributed by atoms with E-state index < -0.39 is 8.32 Å². The second-order valence-electron chi connectivity index (χ2n) is 8.50. The molecule has 0 saturated heterocycles. The third-order valence-electron chi connectivity index (χ3n) is 5.60. The first kappa shape index (κ1) is 20.9. The van der Waals surface area contributed by atoms with E-state index in [1.54, 1.807) is 32.7 Å². The zero-order valence-electron chi connectivity index (χ0n) is 18.1. The second kappa shape index (κ2) is 7.55. The summed E-state index contributed by atoms with van der Waals surface area (Å²) >= 11 is 0. The van der Waals surface area contributed by atoms with E-state index in [2.05, 4.69) is 38.8 Å². The molecule has 3 rings (SSSR count). The lowest BCUT2D eigenvalue weighted by molar-refractivity contribution is 0.0959. The minimum Gasteiger partial charge on any atom is -0.543 e. The number of nitrogens with zero attached hydrogens (tertiary/aromatic N) is 2. The first-order valence-corrected chi connectivity index (χ1v) is 12.4. The van der Waals surface area contributed by atoms with Crippen molar-refractivity contribution in [1.29, 1.82) is 0 Å². The van der Waals surface area contributed by atoms with E-state index >= 15 is 0 Å². The van der Waals surface area contributed by atoms with Gasteiger partial charge in [0.2, 0.25) is 0 Å². The van der Waals surface area contributed by atoms with Crippen LogP contribution in [0, 0.1) is 0 Å². The van der Waals surface area contributed by atoms with Gasteiger partial charge in [0.15, 0.2) is 0 Å². The summed E-state index contributed by atoms with van der Waals surface area (Å²) in [7, 11) is 1.06. The van der Waals surface area contributed by atoms with E-state index in [0.29, 0.717) is 22.8 Å². The molecule has 0 bridgehead atoms. The molecule has 0 aliphatic heterocycles. The topological polar surface area (TPSA) is 62.6 Å². The number of aromatic nitrogens is 2. The van der Waals surface area contributed by atoms with Crippen LogP contribution in [-0.4, -0.2) is 38.0 Å². The first-order chi connectivity index (χ1) is 13.6. The van der Waals surface area contributed by atoms with Crippen LogP contribution >= 0.6 is 0 Å². The van der Waals surface area contributed by atoms with Gasteiger partial charge in [-0.25, -0.2) is 4.98 Å². The van der Waals surface area contributed by atoms with Crippen molar-refractivity contribution in [2.24, 2.45) is 0 Å². The summed E-state index contributed by atoms with van der Waals surface area (Å²) < 4.78 is 19.3. The normalized spacial score (nSPS) is 12.1. The average molecular weight is 413 g/mol. The molecule has 0 atom stereocenters. The lowest BCUT2D eigenvalue weighted by Crippen LogP contribution is -2.44. The number of fused-ring (bicyclic) bond motifs is 1. The first-order valence-electron chi connectivity index (χ1n) is 9.49. The van der Waals surface area contributed by atoms with Gasteiger partial charge >= 0.3 is 0 Å². The Bertz CT molecular complexity index is 1040. The molecule has 154 valence electrons. The fourth-order valence-corrected chi connectivity index (χ4v) is 3.91. The van der Waals surface area contributed by atoms with Gasteiger partial charge < -0.3 is 13.9 Å². The third-order valence-corrected chi connectivity index (χ3v) is 9.94. The van der Waals surface area contributed by atoms with Crippen molar-refractivity contribution in [3.63, 3.8) is 0 Å². The van der Waals surface area contributed by atoms with Gasteiger partial charge in [-0.2, -0.15) is 0 Å². The summed E-state index contributed by atoms with van der Waals surface area (Å²) in [6.45, 7) is 10.9. The molecule has 1 aromatic heterocycles. The van der Waals surface area contributed by atoms with Crippen molar-refractivity contribution in [1.82, 2.24) is 9.55 Å². The lowest BCUT2D eigenvalue weighted by atomic mass is 10.0. The van der Waals surface area contributed by atoms with Crippen molar-refractivity contribution in [2.75, 3.05) is 14.2 Å². The number of imidazole rings is 1. The van der Waals surface area contributed by atoms with E-state index in [4.69, 9.17) is 13.9 Å². The number of hydrogen-bond donors (Lipinski definition) is 0. The van der Waals surface area contributed by atoms with E-state index in [1.807, 2.05) is 18.2 Å². The Morgan fingerprint density at radius 2 is 1.69 bits per heavy atom. The number of ether oxygens (including phenoxy) is 2. The molecule has 2 aromatic carbocycles. The van der Waals surface area contributed by atoms with Crippen LogP contribution in [0.1, 0.15) is 31.1 Å². The molecule has 29 heavy (non-hydrogen) atoms. The fraction of sp³-hybridized carbons (Fsp3) is 0.364. The maximum absolute atomic E-state index is 13.0. The summed E-state index contributed by atoms with van der Waals surface area (Å²) in [6.07, 6.45) is 4.70. The van der Waals surface area contributed by atoms with Gasteiger partial charge in [0.25, 0.3) is 14.2 Å². The van der Waals surface area contributed by atoms with Crippen molar-refractivity contribution < 1.29 is 18.7 Å². The van der Waals surface area contributed by atoms with Gasteiger partial charge in [0.05, 0.1) is 19.6 Å². The molecule has 0 aliphatic rings. The quantitative estimate of drug-likeness (QED) is 0.544. The zero-order valence-corrected chi connectivity index (χ0v) is 19.1. The highest BCUT2D eigenvalue weighted by Gasteiger charge is 2.39.